The molecule has 1 aliphatic rings. The molecule has 1 N–H and O–H groups in total. The van der Waals surface area contributed by atoms with Crippen LogP contribution >= 0.6 is 0 Å². The monoisotopic (exact) mass is 320 g/mol. The molecule has 0 bridgehead atoms. The second-order valence-electron chi connectivity index (χ2n) is 5.94. The van der Waals surface area contributed by atoms with Crippen molar-refractivity contribution in [3.8, 4) is 5.88 Å². The zero-order chi connectivity index (χ0) is 16.5. The molecule has 0 amide bonds. The summed E-state index contributed by atoms with van der Waals surface area (Å²) < 4.78 is 10.4. The zero-order valence-corrected chi connectivity index (χ0v) is 14.4. The van der Waals surface area contributed by atoms with Crippen LogP contribution in [0.5, 0.6) is 5.88 Å². The number of hydrogen-bond acceptors (Lipinski definition) is 4. The first-order valence-electron chi connectivity index (χ1n) is 8.25. The topological polar surface area (TPSA) is 59.0 Å². The first-order valence-corrected chi connectivity index (χ1v) is 8.25. The van der Waals surface area contributed by atoms with E-state index in [1.54, 1.807) is 7.11 Å². The molecular weight excluding hydrogens is 292 g/mol. The third-order valence-electron chi connectivity index (χ3n) is 3.95. The fourth-order valence-corrected chi connectivity index (χ4v) is 2.73. The van der Waals surface area contributed by atoms with Gasteiger partial charge in [0, 0.05) is 46.1 Å². The number of pyridine rings is 1. The fourth-order valence-electron chi connectivity index (χ4n) is 2.73. The van der Waals surface area contributed by atoms with Gasteiger partial charge < -0.3 is 19.7 Å². The Kier molecular flexibility index (Phi) is 7.13. The molecule has 23 heavy (non-hydrogen) atoms. The van der Waals surface area contributed by atoms with Crippen LogP contribution in [0.3, 0.4) is 0 Å². The molecule has 1 aromatic heterocycles. The van der Waals surface area contributed by atoms with Crippen LogP contribution in [-0.2, 0) is 11.3 Å². The van der Waals surface area contributed by atoms with Crippen LogP contribution in [0.2, 0.25) is 0 Å². The highest BCUT2D eigenvalue weighted by atomic mass is 16.5. The minimum Gasteiger partial charge on any atom is -0.475 e. The minimum atomic E-state index is 0.515. The first kappa shape index (κ1) is 17.5. The Morgan fingerprint density at radius 1 is 1.43 bits per heavy atom. The number of aliphatic imine (C=N–C) groups is 1. The molecule has 0 aliphatic carbocycles. The van der Waals surface area contributed by atoms with Crippen LogP contribution in [0.1, 0.15) is 25.3 Å². The van der Waals surface area contributed by atoms with Gasteiger partial charge in [-0.1, -0.05) is 13.0 Å². The quantitative estimate of drug-likeness (QED) is 0.493. The van der Waals surface area contributed by atoms with E-state index in [-0.39, 0.29) is 0 Å². The van der Waals surface area contributed by atoms with Crippen LogP contribution < -0.4 is 10.1 Å². The van der Waals surface area contributed by atoms with E-state index in [0.29, 0.717) is 25.6 Å². The van der Waals surface area contributed by atoms with Gasteiger partial charge in [0.2, 0.25) is 5.88 Å². The summed E-state index contributed by atoms with van der Waals surface area (Å²) in [5.74, 6) is 2.32. The Morgan fingerprint density at radius 2 is 2.30 bits per heavy atom. The number of hydrogen-bond donors (Lipinski definition) is 1. The van der Waals surface area contributed by atoms with Crippen molar-refractivity contribution >= 4 is 5.96 Å². The van der Waals surface area contributed by atoms with Gasteiger partial charge in [-0.05, 0) is 24.3 Å². The molecule has 0 radical (unpaired) electrons. The largest absolute Gasteiger partial charge is 0.475 e. The molecule has 1 aliphatic heterocycles. The number of nitrogens with one attached hydrogen (secondary N) is 1. The van der Waals surface area contributed by atoms with Gasteiger partial charge in [-0.25, -0.2) is 4.98 Å². The Morgan fingerprint density at radius 3 is 2.96 bits per heavy atom. The van der Waals surface area contributed by atoms with E-state index in [2.05, 4.69) is 27.1 Å². The van der Waals surface area contributed by atoms with Gasteiger partial charge in [0.1, 0.15) is 6.61 Å². The maximum absolute atomic E-state index is 5.47. The third kappa shape index (κ3) is 5.71. The van der Waals surface area contributed by atoms with Gasteiger partial charge in [-0.2, -0.15) is 0 Å². The van der Waals surface area contributed by atoms with Crippen molar-refractivity contribution in [1.29, 1.82) is 0 Å². The molecule has 128 valence electrons. The van der Waals surface area contributed by atoms with Crippen LogP contribution in [0, 0.1) is 5.92 Å². The van der Waals surface area contributed by atoms with Crippen molar-refractivity contribution in [1.82, 2.24) is 15.2 Å². The number of guanidine groups is 1. The summed E-state index contributed by atoms with van der Waals surface area (Å²) in [6.07, 6.45) is 4.38. The number of nitrogens with zero attached hydrogens (tertiary/aromatic N) is 3. The number of likely N-dealkylation sites (tertiary alicyclic amines) is 1. The number of methoxy groups -OCH3 is 1. The highest BCUT2D eigenvalue weighted by molar-refractivity contribution is 5.79. The molecule has 2 heterocycles. The van der Waals surface area contributed by atoms with E-state index in [0.717, 1.165) is 30.5 Å². The number of piperidine rings is 1. The van der Waals surface area contributed by atoms with Crippen molar-refractivity contribution in [3.63, 3.8) is 0 Å². The molecule has 0 spiro atoms. The Balaban J connectivity index is 1.81. The number of rotatable bonds is 6. The predicted molar refractivity (Wildman–Crippen MR) is 91.8 cm³/mol. The van der Waals surface area contributed by atoms with Gasteiger partial charge in [0.25, 0.3) is 0 Å². The molecule has 1 unspecified atom stereocenters. The van der Waals surface area contributed by atoms with Gasteiger partial charge in [0.15, 0.2) is 5.96 Å². The van der Waals surface area contributed by atoms with E-state index < -0.39 is 0 Å². The predicted octanol–water partition coefficient (Wildman–Crippen LogP) is 1.91. The summed E-state index contributed by atoms with van der Waals surface area (Å²) in [4.78, 5) is 11.0. The molecule has 2 rings (SSSR count). The molecule has 0 saturated carbocycles. The van der Waals surface area contributed by atoms with E-state index in [4.69, 9.17) is 9.47 Å². The van der Waals surface area contributed by atoms with Gasteiger partial charge in [0.05, 0.1) is 6.61 Å². The summed E-state index contributed by atoms with van der Waals surface area (Å²) in [6.45, 7) is 6.24. The molecule has 1 atom stereocenters. The fraction of sp³-hybridized carbons (Fsp3) is 0.647. The first-order chi connectivity index (χ1) is 11.2. The van der Waals surface area contributed by atoms with Crippen molar-refractivity contribution in [2.75, 3.05) is 40.5 Å². The minimum absolute atomic E-state index is 0.515. The SMILES string of the molecule is CN=C(NCc1ccc(OCCOC)nc1)N1CCCC(C)C1. The summed E-state index contributed by atoms with van der Waals surface area (Å²) in [5, 5.41) is 3.42. The maximum Gasteiger partial charge on any atom is 0.213 e. The molecular formula is C17H28N4O2. The summed E-state index contributed by atoms with van der Waals surface area (Å²) in [6, 6.07) is 3.91. The molecule has 0 aromatic carbocycles. The number of aromatic nitrogens is 1. The van der Waals surface area contributed by atoms with Crippen LogP contribution in [0.25, 0.3) is 0 Å². The zero-order valence-electron chi connectivity index (χ0n) is 14.4. The van der Waals surface area contributed by atoms with Crippen molar-refractivity contribution in [2.24, 2.45) is 10.9 Å². The van der Waals surface area contributed by atoms with Crippen LogP contribution in [-0.4, -0.2) is 56.3 Å². The lowest BCUT2D eigenvalue weighted by Crippen LogP contribution is -2.45. The molecule has 6 heteroatoms. The molecule has 6 nitrogen and oxygen atoms in total. The Bertz CT molecular complexity index is 490. The highest BCUT2D eigenvalue weighted by Crippen LogP contribution is 2.15. The average molecular weight is 320 g/mol. The van der Waals surface area contributed by atoms with E-state index >= 15 is 0 Å². The van der Waals surface area contributed by atoms with E-state index in [1.807, 2.05) is 25.4 Å². The lowest BCUT2D eigenvalue weighted by molar-refractivity contribution is 0.143. The smallest absolute Gasteiger partial charge is 0.213 e. The highest BCUT2D eigenvalue weighted by Gasteiger charge is 2.18. The summed E-state index contributed by atoms with van der Waals surface area (Å²) in [7, 11) is 3.49. The second-order valence-corrected chi connectivity index (χ2v) is 5.94. The van der Waals surface area contributed by atoms with E-state index in [1.165, 1.54) is 12.8 Å². The van der Waals surface area contributed by atoms with Gasteiger partial charge >= 0.3 is 0 Å². The Hall–Kier alpha value is -1.82. The molecule has 1 fully saturated rings. The lowest BCUT2D eigenvalue weighted by Gasteiger charge is -2.33. The van der Waals surface area contributed by atoms with Crippen molar-refractivity contribution < 1.29 is 9.47 Å². The van der Waals surface area contributed by atoms with Crippen LogP contribution in [0.15, 0.2) is 23.3 Å². The molecule has 1 aromatic rings. The lowest BCUT2D eigenvalue weighted by atomic mass is 10.0. The summed E-state index contributed by atoms with van der Waals surface area (Å²) in [5.41, 5.74) is 1.11. The molecule has 1 saturated heterocycles. The third-order valence-corrected chi connectivity index (χ3v) is 3.95. The summed E-state index contributed by atoms with van der Waals surface area (Å²) >= 11 is 0. The van der Waals surface area contributed by atoms with E-state index in [9.17, 15) is 0 Å². The Labute approximate surface area is 138 Å². The van der Waals surface area contributed by atoms with Crippen molar-refractivity contribution in [3.05, 3.63) is 23.9 Å². The van der Waals surface area contributed by atoms with Gasteiger partial charge in [-0.3, -0.25) is 4.99 Å². The number of ether oxygens (including phenoxy) is 2. The van der Waals surface area contributed by atoms with Gasteiger partial charge in [-0.15, -0.1) is 0 Å². The van der Waals surface area contributed by atoms with Crippen LogP contribution in [0.4, 0.5) is 0 Å². The standard InChI is InChI=1S/C17H28N4O2/c1-14-5-4-8-21(13-14)17(18-2)20-12-15-6-7-16(19-11-15)23-10-9-22-3/h6-7,11,14H,4-5,8-10,12-13H2,1-3H3,(H,18,20). The van der Waals surface area contributed by atoms with Crippen molar-refractivity contribution in [2.45, 2.75) is 26.3 Å². The second kappa shape index (κ2) is 9.35. The normalized spacial score (nSPS) is 18.8. The average Bonchev–Trinajstić information content (AvgIpc) is 2.57. The maximum atomic E-state index is 5.47.